The van der Waals surface area contributed by atoms with Gasteiger partial charge in [-0.1, -0.05) is 20.3 Å². The van der Waals surface area contributed by atoms with Crippen LogP contribution >= 0.6 is 0 Å². The van der Waals surface area contributed by atoms with Crippen LogP contribution in [0.4, 0.5) is 0 Å². The summed E-state index contributed by atoms with van der Waals surface area (Å²) < 4.78 is 0. The molecule has 0 amide bonds. The fourth-order valence-corrected chi connectivity index (χ4v) is 0.730. The number of aliphatic hydroxyl groups excluding tert-OH is 1. The van der Waals surface area contributed by atoms with Crippen LogP contribution in [0.25, 0.3) is 0 Å². The zero-order valence-electron chi connectivity index (χ0n) is 7.22. The Morgan fingerprint density at radius 2 is 1.70 bits per heavy atom. The molecule has 10 heavy (non-hydrogen) atoms. The first-order valence-electron chi connectivity index (χ1n) is 3.84. The summed E-state index contributed by atoms with van der Waals surface area (Å²) in [6, 6.07) is 0. The number of hydrogen-bond donors (Lipinski definition) is 1. The highest BCUT2D eigenvalue weighted by Gasteiger charge is 2.00. The van der Waals surface area contributed by atoms with Gasteiger partial charge in [0.15, 0.2) is 0 Å². The number of rotatable bonds is 4. The van der Waals surface area contributed by atoms with Gasteiger partial charge in [0, 0.05) is 0 Å². The fourth-order valence-electron chi connectivity index (χ4n) is 0.730. The first-order valence-corrected chi connectivity index (χ1v) is 3.84. The molecule has 0 fully saturated rings. The lowest BCUT2D eigenvalue weighted by Crippen LogP contribution is -2.02. The molecular formula is C8H20O2. The maximum absolute atomic E-state index is 8.90. The van der Waals surface area contributed by atoms with Crippen LogP contribution < -0.4 is 0 Å². The van der Waals surface area contributed by atoms with Crippen molar-refractivity contribution < 1.29 is 10.6 Å². The Bertz CT molecular complexity index is 62.3. The molecule has 0 saturated heterocycles. The highest BCUT2D eigenvalue weighted by atomic mass is 16.3. The third-order valence-corrected chi connectivity index (χ3v) is 1.77. The molecule has 2 unspecified atom stereocenters. The van der Waals surface area contributed by atoms with E-state index in [1.54, 1.807) is 0 Å². The Balaban J connectivity index is 0. The molecular weight excluding hydrogens is 128 g/mol. The minimum absolute atomic E-state index is 0. The van der Waals surface area contributed by atoms with Gasteiger partial charge in [0.25, 0.3) is 0 Å². The molecule has 0 rings (SSSR count). The molecule has 0 aliphatic rings. The molecule has 0 aromatic carbocycles. The molecule has 0 saturated carbocycles. The van der Waals surface area contributed by atoms with Gasteiger partial charge in [0.05, 0.1) is 6.10 Å². The average molecular weight is 148 g/mol. The molecule has 0 aromatic heterocycles. The topological polar surface area (TPSA) is 51.7 Å². The van der Waals surface area contributed by atoms with E-state index in [4.69, 9.17) is 5.11 Å². The van der Waals surface area contributed by atoms with Crippen molar-refractivity contribution >= 4 is 0 Å². The molecule has 2 nitrogen and oxygen atoms in total. The highest BCUT2D eigenvalue weighted by Crippen LogP contribution is 2.10. The lowest BCUT2D eigenvalue weighted by molar-refractivity contribution is 0.174. The number of hydrogen-bond acceptors (Lipinski definition) is 1. The van der Waals surface area contributed by atoms with Crippen LogP contribution in [0.3, 0.4) is 0 Å². The minimum Gasteiger partial charge on any atom is -0.412 e. The fraction of sp³-hybridized carbons (Fsp3) is 1.00. The summed E-state index contributed by atoms with van der Waals surface area (Å²) in [6.45, 7) is 6.26. The maximum Gasteiger partial charge on any atom is 0.0512 e. The van der Waals surface area contributed by atoms with E-state index in [9.17, 15) is 0 Å². The molecule has 0 aliphatic heterocycles. The van der Waals surface area contributed by atoms with Gasteiger partial charge < -0.3 is 10.6 Å². The van der Waals surface area contributed by atoms with Crippen LogP contribution in [0.1, 0.15) is 40.0 Å². The van der Waals surface area contributed by atoms with Crippen LogP contribution in [-0.4, -0.2) is 16.7 Å². The minimum atomic E-state index is -0.112. The summed E-state index contributed by atoms with van der Waals surface area (Å²) >= 11 is 0. The molecule has 0 spiro atoms. The average Bonchev–Trinajstić information content (AvgIpc) is 1.83. The molecule has 2 atom stereocenters. The Morgan fingerprint density at radius 1 is 1.20 bits per heavy atom. The van der Waals surface area contributed by atoms with Crippen molar-refractivity contribution in [2.45, 2.75) is 46.1 Å². The van der Waals surface area contributed by atoms with Crippen LogP contribution in [0.15, 0.2) is 0 Å². The van der Waals surface area contributed by atoms with Gasteiger partial charge in [0.2, 0.25) is 0 Å². The van der Waals surface area contributed by atoms with Crippen molar-refractivity contribution in [1.82, 2.24) is 0 Å². The van der Waals surface area contributed by atoms with Crippen molar-refractivity contribution in [2.75, 3.05) is 0 Å². The summed E-state index contributed by atoms with van der Waals surface area (Å²) in [7, 11) is 0. The summed E-state index contributed by atoms with van der Waals surface area (Å²) in [6.07, 6.45) is 3.23. The van der Waals surface area contributed by atoms with Gasteiger partial charge in [-0.25, -0.2) is 0 Å². The summed E-state index contributed by atoms with van der Waals surface area (Å²) in [5, 5.41) is 8.90. The van der Waals surface area contributed by atoms with Crippen LogP contribution in [0.2, 0.25) is 0 Å². The van der Waals surface area contributed by atoms with E-state index in [1.165, 1.54) is 6.42 Å². The van der Waals surface area contributed by atoms with Crippen LogP contribution in [0, 0.1) is 5.92 Å². The van der Waals surface area contributed by atoms with Crippen molar-refractivity contribution in [3.63, 3.8) is 0 Å². The third kappa shape index (κ3) is 7.92. The van der Waals surface area contributed by atoms with E-state index in [0.717, 1.165) is 18.8 Å². The summed E-state index contributed by atoms with van der Waals surface area (Å²) in [5.41, 5.74) is 0. The van der Waals surface area contributed by atoms with Gasteiger partial charge >= 0.3 is 0 Å². The monoisotopic (exact) mass is 148 g/mol. The SMILES string of the molecule is CCC(C)CCC(C)O.O. The third-order valence-electron chi connectivity index (χ3n) is 1.77. The lowest BCUT2D eigenvalue weighted by atomic mass is 10.0. The molecule has 0 heterocycles. The van der Waals surface area contributed by atoms with E-state index in [2.05, 4.69) is 13.8 Å². The molecule has 0 aliphatic carbocycles. The van der Waals surface area contributed by atoms with Gasteiger partial charge in [-0.05, 0) is 25.7 Å². The van der Waals surface area contributed by atoms with Crippen LogP contribution in [-0.2, 0) is 0 Å². The second kappa shape index (κ2) is 7.03. The first kappa shape index (κ1) is 12.6. The molecule has 2 heteroatoms. The zero-order valence-corrected chi connectivity index (χ0v) is 7.22. The van der Waals surface area contributed by atoms with Gasteiger partial charge in [-0.2, -0.15) is 0 Å². The predicted octanol–water partition coefficient (Wildman–Crippen LogP) is 1.37. The smallest absolute Gasteiger partial charge is 0.0512 e. The quantitative estimate of drug-likeness (QED) is 0.643. The van der Waals surface area contributed by atoms with Crippen LogP contribution in [0.5, 0.6) is 0 Å². The van der Waals surface area contributed by atoms with Gasteiger partial charge in [0.1, 0.15) is 0 Å². The van der Waals surface area contributed by atoms with Gasteiger partial charge in [-0.3, -0.25) is 0 Å². The van der Waals surface area contributed by atoms with Gasteiger partial charge in [-0.15, -0.1) is 0 Å². The maximum atomic E-state index is 8.90. The van der Waals surface area contributed by atoms with Crippen molar-refractivity contribution in [2.24, 2.45) is 5.92 Å². The summed E-state index contributed by atoms with van der Waals surface area (Å²) in [5.74, 6) is 0.777. The Labute approximate surface area is 63.6 Å². The standard InChI is InChI=1S/C8H18O.H2O/c1-4-7(2)5-6-8(3)9;/h7-9H,4-6H2,1-3H3;1H2. The van der Waals surface area contributed by atoms with E-state index < -0.39 is 0 Å². The Kier molecular flexibility index (Phi) is 8.85. The van der Waals surface area contributed by atoms with Crippen molar-refractivity contribution in [3.8, 4) is 0 Å². The first-order chi connectivity index (χ1) is 4.16. The normalized spacial score (nSPS) is 15.6. The zero-order chi connectivity index (χ0) is 7.28. The van der Waals surface area contributed by atoms with Crippen molar-refractivity contribution in [1.29, 1.82) is 0 Å². The Morgan fingerprint density at radius 3 is 2.00 bits per heavy atom. The lowest BCUT2D eigenvalue weighted by Gasteiger charge is -2.08. The molecule has 0 bridgehead atoms. The second-order valence-electron chi connectivity index (χ2n) is 2.94. The molecule has 0 aromatic rings. The van der Waals surface area contributed by atoms with E-state index in [-0.39, 0.29) is 11.6 Å². The van der Waals surface area contributed by atoms with Crippen molar-refractivity contribution in [3.05, 3.63) is 0 Å². The van der Waals surface area contributed by atoms with E-state index in [1.807, 2.05) is 6.92 Å². The summed E-state index contributed by atoms with van der Waals surface area (Å²) in [4.78, 5) is 0. The largest absolute Gasteiger partial charge is 0.412 e. The Hall–Kier alpha value is -0.0800. The molecule has 64 valence electrons. The molecule has 0 radical (unpaired) electrons. The van der Waals surface area contributed by atoms with E-state index >= 15 is 0 Å². The second-order valence-corrected chi connectivity index (χ2v) is 2.94. The van der Waals surface area contributed by atoms with E-state index in [0.29, 0.717) is 0 Å². The highest BCUT2D eigenvalue weighted by molar-refractivity contribution is 4.53. The number of aliphatic hydroxyl groups is 1. The predicted molar refractivity (Wildman–Crippen MR) is 44.0 cm³/mol. The molecule has 3 N–H and O–H groups in total.